The predicted molar refractivity (Wildman–Crippen MR) is 116 cm³/mol. The van der Waals surface area contributed by atoms with E-state index in [4.69, 9.17) is 18.7 Å². The van der Waals surface area contributed by atoms with Crippen molar-refractivity contribution in [3.63, 3.8) is 0 Å². The summed E-state index contributed by atoms with van der Waals surface area (Å²) < 4.78 is 25.2. The van der Waals surface area contributed by atoms with Crippen molar-refractivity contribution < 1.29 is 18.7 Å². The Balaban J connectivity index is 1.62. The fourth-order valence-corrected chi connectivity index (χ4v) is 3.79. The minimum absolute atomic E-state index is 0.559. The highest BCUT2D eigenvalue weighted by Crippen LogP contribution is 2.40. The van der Waals surface area contributed by atoms with Crippen LogP contribution in [0.1, 0.15) is 5.69 Å². The number of nitrogens with zero attached hydrogens (tertiary/aromatic N) is 2. The lowest BCUT2D eigenvalue weighted by Gasteiger charge is -2.12. The van der Waals surface area contributed by atoms with Crippen LogP contribution in [-0.2, 0) is 0 Å². The van der Waals surface area contributed by atoms with Gasteiger partial charge in [-0.1, -0.05) is 11.2 Å². The number of methoxy groups -OCH3 is 3. The van der Waals surface area contributed by atoms with Crippen molar-refractivity contribution in [1.82, 2.24) is 15.4 Å². The number of rotatable bonds is 8. The third-order valence-electron chi connectivity index (χ3n) is 4.39. The van der Waals surface area contributed by atoms with E-state index in [1.807, 2.05) is 43.3 Å². The van der Waals surface area contributed by atoms with E-state index in [0.717, 1.165) is 21.7 Å². The van der Waals surface area contributed by atoms with E-state index in [9.17, 15) is 0 Å². The first-order valence-corrected chi connectivity index (χ1v) is 9.85. The number of hydrogen-bond donors (Lipinski definition) is 3. The number of hydrogen-bond acceptors (Lipinski definition) is 9. The third kappa shape index (κ3) is 3.81. The molecule has 0 aliphatic heterocycles. The molecule has 0 unspecified atom stereocenters. The van der Waals surface area contributed by atoms with E-state index in [1.54, 1.807) is 21.3 Å². The number of H-pyrrole nitrogens is 1. The van der Waals surface area contributed by atoms with E-state index in [-0.39, 0.29) is 0 Å². The normalized spacial score (nSPS) is 10.8. The molecule has 0 fully saturated rings. The van der Waals surface area contributed by atoms with Crippen LogP contribution in [0.3, 0.4) is 0 Å². The Morgan fingerprint density at radius 1 is 1.00 bits per heavy atom. The van der Waals surface area contributed by atoms with Gasteiger partial charge in [0, 0.05) is 17.8 Å². The Morgan fingerprint density at radius 2 is 1.73 bits per heavy atom. The van der Waals surface area contributed by atoms with E-state index in [1.165, 1.54) is 11.9 Å². The summed E-state index contributed by atoms with van der Waals surface area (Å²) in [5.74, 6) is 3.26. The quantitative estimate of drug-likeness (QED) is 0.343. The van der Waals surface area contributed by atoms with Crippen LogP contribution < -0.4 is 24.2 Å². The summed E-state index contributed by atoms with van der Waals surface area (Å²) in [5, 5.41) is 15.2. The van der Waals surface area contributed by atoms with Crippen molar-refractivity contribution in [3.05, 3.63) is 42.1 Å². The van der Waals surface area contributed by atoms with Gasteiger partial charge in [0.1, 0.15) is 22.1 Å². The second-order valence-corrected chi connectivity index (χ2v) is 7.15. The molecule has 0 amide bonds. The molecular weight excluding hydrogens is 406 g/mol. The van der Waals surface area contributed by atoms with Gasteiger partial charge < -0.3 is 28.8 Å². The Bertz CT molecular complexity index is 1150. The highest BCUT2D eigenvalue weighted by molar-refractivity contribution is 8.00. The number of nitrogens with one attached hydrogen (secondary N) is 3. The second-order valence-electron chi connectivity index (χ2n) is 6.34. The predicted octanol–water partition coefficient (Wildman–Crippen LogP) is 4.75. The molecule has 9 nitrogen and oxygen atoms in total. The molecule has 4 aromatic rings. The SMILES string of the molecule is COc1cc2c(NSc3c(OC)cccc3OC)noc2cc1Nc1cc(C)[nH]n1. The zero-order valence-corrected chi connectivity index (χ0v) is 17.7. The van der Waals surface area contributed by atoms with E-state index >= 15 is 0 Å². The summed E-state index contributed by atoms with van der Waals surface area (Å²) in [4.78, 5) is 0.804. The molecule has 30 heavy (non-hydrogen) atoms. The summed E-state index contributed by atoms with van der Waals surface area (Å²) in [6, 6.07) is 11.2. The molecule has 0 atom stereocenters. The molecule has 2 aromatic heterocycles. The van der Waals surface area contributed by atoms with E-state index < -0.39 is 0 Å². The third-order valence-corrected chi connectivity index (χ3v) is 5.30. The summed E-state index contributed by atoms with van der Waals surface area (Å²) >= 11 is 1.33. The molecule has 4 rings (SSSR count). The zero-order chi connectivity index (χ0) is 21.1. The molecule has 156 valence electrons. The molecule has 10 heteroatoms. The van der Waals surface area contributed by atoms with Crippen molar-refractivity contribution in [2.45, 2.75) is 11.8 Å². The van der Waals surface area contributed by atoms with Gasteiger partial charge in [-0.15, -0.1) is 0 Å². The molecule has 2 heterocycles. The van der Waals surface area contributed by atoms with Crippen molar-refractivity contribution >= 4 is 40.2 Å². The Labute approximate surface area is 177 Å². The Hall–Kier alpha value is -3.53. The van der Waals surface area contributed by atoms with Gasteiger partial charge in [0.05, 0.1) is 32.4 Å². The summed E-state index contributed by atoms with van der Waals surface area (Å²) in [6.07, 6.45) is 0. The fourth-order valence-electron chi connectivity index (χ4n) is 2.94. The smallest absolute Gasteiger partial charge is 0.187 e. The highest BCUT2D eigenvalue weighted by atomic mass is 32.2. The maximum Gasteiger partial charge on any atom is 0.187 e. The van der Waals surface area contributed by atoms with Crippen molar-refractivity contribution in [2.75, 3.05) is 31.4 Å². The lowest BCUT2D eigenvalue weighted by molar-refractivity contribution is 0.376. The molecule has 2 aromatic carbocycles. The fraction of sp³-hybridized carbons (Fsp3) is 0.200. The Morgan fingerprint density at radius 3 is 2.37 bits per heavy atom. The maximum atomic E-state index is 5.55. The monoisotopic (exact) mass is 427 g/mol. The van der Waals surface area contributed by atoms with Crippen LogP contribution >= 0.6 is 11.9 Å². The van der Waals surface area contributed by atoms with Crippen molar-refractivity contribution in [3.8, 4) is 17.2 Å². The average molecular weight is 427 g/mol. The molecule has 0 bridgehead atoms. The van der Waals surface area contributed by atoms with Gasteiger partial charge in [0.15, 0.2) is 17.2 Å². The molecule has 0 saturated heterocycles. The van der Waals surface area contributed by atoms with E-state index in [2.05, 4.69) is 25.4 Å². The van der Waals surface area contributed by atoms with Gasteiger partial charge >= 0.3 is 0 Å². The Kier molecular flexibility index (Phi) is 5.57. The first-order valence-electron chi connectivity index (χ1n) is 9.03. The molecule has 0 spiro atoms. The topological polar surface area (TPSA) is 106 Å². The number of aryl methyl sites for hydroxylation is 1. The standard InChI is InChI=1S/C20H21N5O4S/c1-11-8-18(23-22-11)21-13-10-16-12(9-17(13)28-4)20(24-29-16)25-30-19-14(26-2)6-5-7-15(19)27-3/h5-10H,1-4H3,(H,24,25)(H2,21,22,23). The number of ether oxygens (including phenoxy) is 3. The minimum Gasteiger partial charge on any atom is -0.495 e. The molecule has 3 N–H and O–H groups in total. The van der Waals surface area contributed by atoms with Crippen LogP contribution in [0.25, 0.3) is 11.0 Å². The highest BCUT2D eigenvalue weighted by Gasteiger charge is 2.17. The number of anilines is 3. The van der Waals surface area contributed by atoms with Gasteiger partial charge in [-0.2, -0.15) is 5.10 Å². The maximum absolute atomic E-state index is 5.55. The van der Waals surface area contributed by atoms with Crippen LogP contribution in [0.5, 0.6) is 17.2 Å². The zero-order valence-electron chi connectivity index (χ0n) is 16.9. The molecular formula is C20H21N5O4S. The van der Waals surface area contributed by atoms with E-state index in [0.29, 0.717) is 34.5 Å². The van der Waals surface area contributed by atoms with Crippen molar-refractivity contribution in [1.29, 1.82) is 0 Å². The van der Waals surface area contributed by atoms with Gasteiger partial charge in [0.25, 0.3) is 0 Å². The minimum atomic E-state index is 0.559. The van der Waals surface area contributed by atoms with Crippen LogP contribution in [0, 0.1) is 6.92 Å². The number of aromatic amines is 1. The van der Waals surface area contributed by atoms with Crippen LogP contribution in [0.15, 0.2) is 45.8 Å². The lowest BCUT2D eigenvalue weighted by atomic mass is 10.2. The molecule has 0 radical (unpaired) electrons. The van der Waals surface area contributed by atoms with Gasteiger partial charge in [-0.05, 0) is 37.1 Å². The summed E-state index contributed by atoms with van der Waals surface area (Å²) in [7, 11) is 4.84. The number of fused-ring (bicyclic) bond motifs is 1. The number of benzene rings is 2. The largest absolute Gasteiger partial charge is 0.495 e. The summed E-state index contributed by atoms with van der Waals surface area (Å²) in [6.45, 7) is 1.93. The molecule has 0 aliphatic rings. The van der Waals surface area contributed by atoms with Gasteiger partial charge in [0.2, 0.25) is 0 Å². The first kappa shape index (κ1) is 19.8. The average Bonchev–Trinajstić information content (AvgIpc) is 3.36. The van der Waals surface area contributed by atoms with Crippen molar-refractivity contribution in [2.24, 2.45) is 0 Å². The van der Waals surface area contributed by atoms with Gasteiger partial charge in [-0.25, -0.2) is 0 Å². The van der Waals surface area contributed by atoms with Crippen LogP contribution in [0.2, 0.25) is 0 Å². The number of aromatic nitrogens is 3. The van der Waals surface area contributed by atoms with Crippen LogP contribution in [-0.4, -0.2) is 36.7 Å². The van der Waals surface area contributed by atoms with Gasteiger partial charge in [-0.3, -0.25) is 5.10 Å². The lowest BCUT2D eigenvalue weighted by Crippen LogP contribution is -1.96. The second kappa shape index (κ2) is 8.46. The van der Waals surface area contributed by atoms with Crippen LogP contribution in [0.4, 0.5) is 17.3 Å². The summed E-state index contributed by atoms with van der Waals surface area (Å²) in [5.41, 5.74) is 2.27. The molecule has 0 saturated carbocycles. The molecule has 0 aliphatic carbocycles. The first-order chi connectivity index (χ1) is 14.6.